The Balaban J connectivity index is 1.28. The lowest BCUT2D eigenvalue weighted by Gasteiger charge is -2.34. The molecule has 0 N–H and O–H groups in total. The summed E-state index contributed by atoms with van der Waals surface area (Å²) in [6, 6.07) is 24.0. The number of carbonyl (C=O) groups is 1. The Hall–Kier alpha value is -3.97. The van der Waals surface area contributed by atoms with Crippen LogP contribution in [0.3, 0.4) is 0 Å². The van der Waals surface area contributed by atoms with Crippen molar-refractivity contribution in [1.82, 2.24) is 14.5 Å². The highest BCUT2D eigenvalue weighted by atomic mass is 16.2. The van der Waals surface area contributed by atoms with Crippen molar-refractivity contribution in [3.05, 3.63) is 99.8 Å². The topological polar surface area (TPSA) is 61.7 Å². The molecule has 3 aromatic carbocycles. The molecule has 3 aliphatic rings. The van der Waals surface area contributed by atoms with Crippen molar-refractivity contribution >= 4 is 28.4 Å². The van der Waals surface area contributed by atoms with Gasteiger partial charge in [-0.15, -0.1) is 0 Å². The summed E-state index contributed by atoms with van der Waals surface area (Å²) in [7, 11) is 2.16. The third kappa shape index (κ3) is 3.41. The monoisotopic (exact) mass is 491 g/mol. The molecule has 1 aromatic heterocycles. The maximum Gasteiger partial charge on any atom is 0.263 e. The molecule has 1 fully saturated rings. The van der Waals surface area contributed by atoms with Gasteiger partial charge in [0.15, 0.2) is 0 Å². The van der Waals surface area contributed by atoms with Crippen LogP contribution in [-0.2, 0) is 29.7 Å². The van der Waals surface area contributed by atoms with Gasteiger partial charge in [-0.3, -0.25) is 19.1 Å². The number of nitrogens with zero attached hydrogens (tertiary/aromatic N) is 5. The van der Waals surface area contributed by atoms with Crippen LogP contribution in [0.4, 0.5) is 11.6 Å². The lowest BCUT2D eigenvalue weighted by atomic mass is 9.94. The van der Waals surface area contributed by atoms with Crippen molar-refractivity contribution in [3.8, 4) is 0 Å². The molecule has 7 nitrogen and oxygen atoms in total. The van der Waals surface area contributed by atoms with E-state index in [-0.39, 0.29) is 11.5 Å². The summed E-state index contributed by atoms with van der Waals surface area (Å²) in [4.78, 5) is 39.5. The van der Waals surface area contributed by atoms with E-state index in [1.807, 2.05) is 30.3 Å². The molecule has 3 heterocycles. The highest BCUT2D eigenvalue weighted by Crippen LogP contribution is 2.44. The number of rotatable bonds is 3. The smallest absolute Gasteiger partial charge is 0.263 e. The lowest BCUT2D eigenvalue weighted by Crippen LogP contribution is -2.46. The largest absolute Gasteiger partial charge is 0.369 e. The van der Waals surface area contributed by atoms with E-state index in [0.717, 1.165) is 42.9 Å². The van der Waals surface area contributed by atoms with Crippen LogP contribution < -0.4 is 15.4 Å². The number of para-hydroxylation sites is 1. The molecule has 0 atom stereocenters. The zero-order chi connectivity index (χ0) is 25.1. The molecule has 37 heavy (non-hydrogen) atoms. The van der Waals surface area contributed by atoms with E-state index in [1.54, 1.807) is 15.5 Å². The zero-order valence-corrected chi connectivity index (χ0v) is 20.9. The molecule has 0 bridgehead atoms. The van der Waals surface area contributed by atoms with Crippen molar-refractivity contribution in [1.29, 1.82) is 0 Å². The van der Waals surface area contributed by atoms with E-state index in [2.05, 4.69) is 53.2 Å². The number of benzene rings is 3. The molecule has 7 rings (SSSR count). The number of hydrogen-bond donors (Lipinski definition) is 0. The van der Waals surface area contributed by atoms with Crippen LogP contribution in [0.25, 0.3) is 10.9 Å². The second-order valence-electron chi connectivity index (χ2n) is 10.6. The predicted octanol–water partition coefficient (Wildman–Crippen LogP) is 3.19. The Labute approximate surface area is 215 Å². The minimum absolute atomic E-state index is 0.0493. The van der Waals surface area contributed by atoms with Crippen LogP contribution in [0.1, 0.15) is 16.7 Å². The van der Waals surface area contributed by atoms with Crippen LogP contribution in [0.15, 0.2) is 77.6 Å². The van der Waals surface area contributed by atoms with Crippen molar-refractivity contribution in [2.75, 3.05) is 43.0 Å². The van der Waals surface area contributed by atoms with Gasteiger partial charge < -0.3 is 9.80 Å². The Morgan fingerprint density at radius 3 is 2.16 bits per heavy atom. The molecule has 1 spiro atoms. The molecule has 1 saturated heterocycles. The summed E-state index contributed by atoms with van der Waals surface area (Å²) in [6.07, 6.45) is 1.02. The van der Waals surface area contributed by atoms with E-state index in [4.69, 9.17) is 4.98 Å². The van der Waals surface area contributed by atoms with Crippen molar-refractivity contribution < 1.29 is 4.79 Å². The van der Waals surface area contributed by atoms with Gasteiger partial charge >= 0.3 is 0 Å². The van der Waals surface area contributed by atoms with Crippen LogP contribution in [0.2, 0.25) is 0 Å². The predicted molar refractivity (Wildman–Crippen MR) is 145 cm³/mol. The number of anilines is 2. The fourth-order valence-corrected chi connectivity index (χ4v) is 6.23. The first-order valence-corrected chi connectivity index (χ1v) is 13.0. The maximum atomic E-state index is 14.2. The first-order chi connectivity index (χ1) is 18.0. The maximum absolute atomic E-state index is 14.2. The van der Waals surface area contributed by atoms with E-state index in [0.29, 0.717) is 36.2 Å². The molecular weight excluding hydrogens is 462 g/mol. The van der Waals surface area contributed by atoms with Crippen molar-refractivity contribution in [3.63, 3.8) is 0 Å². The first kappa shape index (κ1) is 22.2. The van der Waals surface area contributed by atoms with Crippen LogP contribution in [-0.4, -0.2) is 53.6 Å². The summed E-state index contributed by atoms with van der Waals surface area (Å²) < 4.78 is 1.69. The molecule has 0 radical (unpaired) electrons. The third-order valence-corrected chi connectivity index (χ3v) is 8.30. The quantitative estimate of drug-likeness (QED) is 0.441. The Kier molecular flexibility index (Phi) is 4.98. The normalized spacial score (nSPS) is 18.6. The molecule has 1 aliphatic carbocycles. The van der Waals surface area contributed by atoms with Gasteiger partial charge in [0.05, 0.1) is 17.4 Å². The summed E-state index contributed by atoms with van der Waals surface area (Å²) in [6.45, 7) is 4.51. The van der Waals surface area contributed by atoms with E-state index < -0.39 is 5.54 Å². The Morgan fingerprint density at radius 1 is 0.811 bits per heavy atom. The number of aromatic nitrogens is 2. The van der Waals surface area contributed by atoms with Gasteiger partial charge in [0.1, 0.15) is 5.54 Å². The molecule has 4 aromatic rings. The van der Waals surface area contributed by atoms with E-state index in [9.17, 15) is 9.59 Å². The van der Waals surface area contributed by atoms with Crippen molar-refractivity contribution in [2.24, 2.45) is 0 Å². The van der Waals surface area contributed by atoms with Crippen LogP contribution in [0, 0.1) is 0 Å². The number of amides is 1. The molecule has 2 aliphatic heterocycles. The van der Waals surface area contributed by atoms with Gasteiger partial charge in [0.25, 0.3) is 11.5 Å². The van der Waals surface area contributed by atoms with Crippen LogP contribution in [0.5, 0.6) is 0 Å². The molecule has 0 saturated carbocycles. The highest BCUT2D eigenvalue weighted by Gasteiger charge is 2.55. The molecule has 186 valence electrons. The number of likely N-dealkylation sites (N-methyl/N-ethyl adjacent to an activating group) is 1. The van der Waals surface area contributed by atoms with Gasteiger partial charge in [0.2, 0.25) is 5.95 Å². The minimum atomic E-state index is -0.965. The fourth-order valence-electron chi connectivity index (χ4n) is 6.23. The first-order valence-electron chi connectivity index (χ1n) is 13.0. The molecular formula is C30H29N5O2. The molecule has 1 amide bonds. The van der Waals surface area contributed by atoms with Gasteiger partial charge in [-0.05, 0) is 48.0 Å². The SMILES string of the molecule is CN1CCN(c2ccc(CN3C(=O)C4(Cc5ccccc5C4)n4c3nc3ccccc3c4=O)cc2)CC1. The van der Waals surface area contributed by atoms with Gasteiger partial charge in [0, 0.05) is 44.7 Å². The number of hydrogen-bond acceptors (Lipinski definition) is 5. The molecule has 0 unspecified atom stereocenters. The average Bonchev–Trinajstić information content (AvgIpc) is 3.41. The molecule has 7 heteroatoms. The Morgan fingerprint density at radius 2 is 1.46 bits per heavy atom. The van der Waals surface area contributed by atoms with Gasteiger partial charge in [-0.25, -0.2) is 4.98 Å². The lowest BCUT2D eigenvalue weighted by molar-refractivity contribution is -0.125. The third-order valence-electron chi connectivity index (χ3n) is 8.30. The Bertz CT molecular complexity index is 1560. The summed E-state index contributed by atoms with van der Waals surface area (Å²) in [5, 5.41) is 0.549. The van der Waals surface area contributed by atoms with Gasteiger partial charge in [-0.2, -0.15) is 0 Å². The second kappa shape index (κ2) is 8.28. The second-order valence-corrected chi connectivity index (χ2v) is 10.6. The highest BCUT2D eigenvalue weighted by molar-refractivity contribution is 6.03. The fraction of sp³-hybridized carbons (Fsp3) is 0.300. The summed E-state index contributed by atoms with van der Waals surface area (Å²) in [5.41, 5.74) is 3.98. The number of fused-ring (bicyclic) bond motifs is 4. The summed E-state index contributed by atoms with van der Waals surface area (Å²) >= 11 is 0. The van der Waals surface area contributed by atoms with E-state index >= 15 is 0 Å². The average molecular weight is 492 g/mol. The number of piperazine rings is 1. The van der Waals surface area contributed by atoms with Crippen LogP contribution >= 0.6 is 0 Å². The minimum Gasteiger partial charge on any atom is -0.369 e. The van der Waals surface area contributed by atoms with E-state index in [1.165, 1.54) is 5.69 Å². The summed E-state index contributed by atoms with van der Waals surface area (Å²) in [5.74, 6) is 0.399. The van der Waals surface area contributed by atoms with Gasteiger partial charge in [-0.1, -0.05) is 48.5 Å². The number of carbonyl (C=O) groups excluding carboxylic acids is 1. The standard InChI is InChI=1S/C30H29N5O2/c1-32-14-16-33(17-15-32)24-12-10-21(11-13-24)20-34-28(37)30(18-22-6-2-3-7-23(22)19-30)35-27(36)25-8-4-5-9-26(25)31-29(34)35/h2-13H,14-20H2,1H3. The van der Waals surface area contributed by atoms with Crippen molar-refractivity contribution in [2.45, 2.75) is 24.9 Å². The zero-order valence-electron chi connectivity index (χ0n) is 20.9.